The molecule has 1 amide bonds. The van der Waals surface area contributed by atoms with Gasteiger partial charge in [0.1, 0.15) is 0 Å². The minimum atomic E-state index is 0.0776. The fraction of sp³-hybridized carbons (Fsp3) is 0.350. The van der Waals surface area contributed by atoms with Gasteiger partial charge in [-0.2, -0.15) is 0 Å². The van der Waals surface area contributed by atoms with E-state index in [2.05, 4.69) is 33.1 Å². The maximum absolute atomic E-state index is 12.5. The number of hydrogen-bond donors (Lipinski definition) is 0. The van der Waals surface area contributed by atoms with Crippen LogP contribution < -0.4 is 0 Å². The van der Waals surface area contributed by atoms with Crippen LogP contribution in [0.2, 0.25) is 0 Å². The van der Waals surface area contributed by atoms with Gasteiger partial charge in [-0.05, 0) is 36.1 Å². The van der Waals surface area contributed by atoms with Crippen molar-refractivity contribution in [3.63, 3.8) is 0 Å². The lowest BCUT2D eigenvalue weighted by Gasteiger charge is -2.26. The van der Waals surface area contributed by atoms with Crippen molar-refractivity contribution in [1.29, 1.82) is 0 Å². The third-order valence-electron chi connectivity index (χ3n) is 4.64. The summed E-state index contributed by atoms with van der Waals surface area (Å²) in [6.45, 7) is 5.50. The Hall–Kier alpha value is -2.16. The number of carbonyl (C=O) groups excluding carboxylic acids is 1. The quantitative estimate of drug-likeness (QED) is 0.575. The first-order valence-electron chi connectivity index (χ1n) is 9.32. The molecule has 0 spiro atoms. The summed E-state index contributed by atoms with van der Waals surface area (Å²) in [5, 5.41) is 11.7. The van der Waals surface area contributed by atoms with Gasteiger partial charge in [0.25, 0.3) is 5.91 Å². The zero-order valence-corrected chi connectivity index (χ0v) is 17.3. The van der Waals surface area contributed by atoms with E-state index < -0.39 is 0 Å². The number of nitrogens with zero attached hydrogens (tertiary/aromatic N) is 4. The second kappa shape index (κ2) is 8.89. The topological polar surface area (TPSA) is 60.2 Å². The van der Waals surface area contributed by atoms with E-state index in [1.165, 1.54) is 0 Å². The maximum Gasteiger partial charge on any atom is 0.254 e. The molecule has 0 radical (unpaired) electrons. The molecule has 0 atom stereocenters. The van der Waals surface area contributed by atoms with Crippen molar-refractivity contribution < 1.29 is 9.53 Å². The zero-order chi connectivity index (χ0) is 19.3. The fourth-order valence-electron chi connectivity index (χ4n) is 3.11. The molecule has 1 aliphatic heterocycles. The van der Waals surface area contributed by atoms with Crippen LogP contribution in [-0.4, -0.2) is 51.9 Å². The van der Waals surface area contributed by atoms with Gasteiger partial charge in [0.05, 0.1) is 18.1 Å². The van der Waals surface area contributed by atoms with E-state index >= 15 is 0 Å². The molecule has 1 saturated heterocycles. The van der Waals surface area contributed by atoms with Crippen molar-refractivity contribution in [2.75, 3.05) is 26.3 Å². The minimum absolute atomic E-state index is 0.0776. The molecule has 8 heteroatoms. The van der Waals surface area contributed by atoms with E-state index in [0.717, 1.165) is 39.3 Å². The first-order valence-corrected chi connectivity index (χ1v) is 11.2. The molecule has 2 aromatic heterocycles. The number of morpholine rings is 1. The van der Waals surface area contributed by atoms with Crippen LogP contribution in [0.3, 0.4) is 0 Å². The summed E-state index contributed by atoms with van der Waals surface area (Å²) in [7, 11) is 0. The highest BCUT2D eigenvalue weighted by Crippen LogP contribution is 2.28. The van der Waals surface area contributed by atoms with Gasteiger partial charge in [-0.1, -0.05) is 30.0 Å². The van der Waals surface area contributed by atoms with Crippen molar-refractivity contribution in [2.24, 2.45) is 0 Å². The highest BCUT2D eigenvalue weighted by molar-refractivity contribution is 7.98. The van der Waals surface area contributed by atoms with Crippen LogP contribution in [0, 0.1) is 0 Å². The summed E-state index contributed by atoms with van der Waals surface area (Å²) in [6.07, 6.45) is 0. The van der Waals surface area contributed by atoms with Crippen molar-refractivity contribution in [2.45, 2.75) is 24.4 Å². The normalized spacial score (nSPS) is 14.4. The number of carbonyl (C=O) groups is 1. The summed E-state index contributed by atoms with van der Waals surface area (Å²) in [5.41, 5.74) is 1.89. The SMILES string of the molecule is CCn1c(SCc2ccc(C(=O)N3CCOCC3)cc2)nnc1-c1cccs1. The fourth-order valence-corrected chi connectivity index (χ4v) is 4.78. The van der Waals surface area contributed by atoms with Gasteiger partial charge >= 0.3 is 0 Å². The lowest BCUT2D eigenvalue weighted by molar-refractivity contribution is 0.0303. The van der Waals surface area contributed by atoms with E-state index in [1.54, 1.807) is 23.1 Å². The van der Waals surface area contributed by atoms with Crippen molar-refractivity contribution in [1.82, 2.24) is 19.7 Å². The second-order valence-electron chi connectivity index (χ2n) is 6.42. The third kappa shape index (κ3) is 4.14. The van der Waals surface area contributed by atoms with E-state index in [0.29, 0.717) is 26.3 Å². The van der Waals surface area contributed by atoms with Crippen LogP contribution in [0.1, 0.15) is 22.8 Å². The van der Waals surface area contributed by atoms with Crippen LogP contribution >= 0.6 is 23.1 Å². The zero-order valence-electron chi connectivity index (χ0n) is 15.7. The van der Waals surface area contributed by atoms with Crippen LogP contribution in [0.4, 0.5) is 0 Å². The largest absolute Gasteiger partial charge is 0.378 e. The number of amides is 1. The number of rotatable bonds is 6. The van der Waals surface area contributed by atoms with Gasteiger partial charge in [-0.3, -0.25) is 4.79 Å². The molecular weight excluding hydrogens is 392 g/mol. The molecule has 0 unspecified atom stereocenters. The standard InChI is InChI=1S/C20H22N4O2S2/c1-2-24-18(17-4-3-13-27-17)21-22-20(24)28-14-15-5-7-16(8-6-15)19(25)23-9-11-26-12-10-23/h3-8,13H,2,9-12,14H2,1H3. The molecule has 0 aliphatic carbocycles. The molecule has 0 bridgehead atoms. The predicted octanol–water partition coefficient (Wildman–Crippen LogP) is 3.79. The van der Waals surface area contributed by atoms with Crippen molar-refractivity contribution in [3.8, 4) is 10.7 Å². The summed E-state index contributed by atoms with van der Waals surface area (Å²) >= 11 is 3.34. The predicted molar refractivity (Wildman–Crippen MR) is 112 cm³/mol. The van der Waals surface area contributed by atoms with Crippen molar-refractivity contribution in [3.05, 3.63) is 52.9 Å². The van der Waals surface area contributed by atoms with Gasteiger partial charge in [0.2, 0.25) is 0 Å². The molecule has 3 heterocycles. The number of ether oxygens (including phenoxy) is 1. The van der Waals surface area contributed by atoms with Crippen LogP contribution in [-0.2, 0) is 17.0 Å². The number of benzene rings is 1. The van der Waals surface area contributed by atoms with Gasteiger partial charge in [0, 0.05) is 31.0 Å². The molecule has 28 heavy (non-hydrogen) atoms. The maximum atomic E-state index is 12.5. The molecule has 0 N–H and O–H groups in total. The van der Waals surface area contributed by atoms with Gasteiger partial charge < -0.3 is 14.2 Å². The second-order valence-corrected chi connectivity index (χ2v) is 8.31. The first-order chi connectivity index (χ1) is 13.8. The molecular formula is C20H22N4O2S2. The van der Waals surface area contributed by atoms with Gasteiger partial charge in [-0.25, -0.2) is 0 Å². The third-order valence-corrected chi connectivity index (χ3v) is 6.55. The van der Waals surface area contributed by atoms with Gasteiger partial charge in [-0.15, -0.1) is 21.5 Å². The Morgan fingerprint density at radius 1 is 1.18 bits per heavy atom. The average molecular weight is 415 g/mol. The molecule has 6 nitrogen and oxygen atoms in total. The first kappa shape index (κ1) is 19.2. The number of thiophene rings is 1. The Morgan fingerprint density at radius 2 is 1.96 bits per heavy atom. The lowest BCUT2D eigenvalue weighted by Crippen LogP contribution is -2.40. The summed E-state index contributed by atoms with van der Waals surface area (Å²) < 4.78 is 7.46. The highest BCUT2D eigenvalue weighted by atomic mass is 32.2. The van der Waals surface area contributed by atoms with Crippen LogP contribution in [0.5, 0.6) is 0 Å². The lowest BCUT2D eigenvalue weighted by atomic mass is 10.1. The minimum Gasteiger partial charge on any atom is -0.378 e. The Bertz CT molecular complexity index is 916. The monoisotopic (exact) mass is 414 g/mol. The molecule has 4 rings (SSSR count). The van der Waals surface area contributed by atoms with Crippen molar-refractivity contribution >= 4 is 29.0 Å². The molecule has 1 aromatic carbocycles. The highest BCUT2D eigenvalue weighted by Gasteiger charge is 2.18. The Kier molecular flexibility index (Phi) is 6.09. The smallest absolute Gasteiger partial charge is 0.254 e. The summed E-state index contributed by atoms with van der Waals surface area (Å²) in [4.78, 5) is 15.5. The molecule has 1 fully saturated rings. The number of aromatic nitrogens is 3. The van der Waals surface area contributed by atoms with Crippen LogP contribution in [0.25, 0.3) is 10.7 Å². The molecule has 146 valence electrons. The van der Waals surface area contributed by atoms with E-state index in [-0.39, 0.29) is 5.91 Å². The Labute approximate surface area is 172 Å². The Morgan fingerprint density at radius 3 is 2.64 bits per heavy atom. The van der Waals surface area contributed by atoms with E-state index in [9.17, 15) is 4.79 Å². The van der Waals surface area contributed by atoms with E-state index in [4.69, 9.17) is 4.74 Å². The summed E-state index contributed by atoms with van der Waals surface area (Å²) in [6, 6.07) is 12.0. The average Bonchev–Trinajstić information content (AvgIpc) is 3.42. The molecule has 0 saturated carbocycles. The number of hydrogen-bond acceptors (Lipinski definition) is 6. The Balaban J connectivity index is 1.41. The van der Waals surface area contributed by atoms with Crippen LogP contribution in [0.15, 0.2) is 46.9 Å². The molecule has 1 aliphatic rings. The summed E-state index contributed by atoms with van der Waals surface area (Å²) in [5.74, 6) is 1.79. The van der Waals surface area contributed by atoms with Gasteiger partial charge in [0.15, 0.2) is 11.0 Å². The van der Waals surface area contributed by atoms with E-state index in [1.807, 2.05) is 35.2 Å². The number of thioether (sulfide) groups is 1. The molecule has 3 aromatic rings.